The van der Waals surface area contributed by atoms with Crippen molar-refractivity contribution in [3.05, 3.63) is 33.6 Å². The number of pyridine rings is 1. The maximum absolute atomic E-state index is 10.6. The molecule has 0 unspecified atom stereocenters. The Morgan fingerprint density at radius 1 is 1.62 bits per heavy atom. The first kappa shape index (κ1) is 12.1. The lowest BCUT2D eigenvalue weighted by Gasteiger charge is -1.96. The van der Waals surface area contributed by atoms with Crippen molar-refractivity contribution in [1.82, 2.24) is 10.3 Å². The number of rotatable bonds is 3. The van der Waals surface area contributed by atoms with Crippen LogP contribution in [-0.4, -0.2) is 23.5 Å². The van der Waals surface area contributed by atoms with Gasteiger partial charge >= 0.3 is 0 Å². The van der Waals surface area contributed by atoms with Gasteiger partial charge in [-0.3, -0.25) is 10.1 Å². The molecule has 16 heavy (non-hydrogen) atoms. The first-order chi connectivity index (χ1) is 7.65. The van der Waals surface area contributed by atoms with E-state index in [-0.39, 0.29) is 5.69 Å². The Bertz CT molecular complexity index is 446. The predicted octanol–water partition coefficient (Wildman–Crippen LogP) is 1.26. The van der Waals surface area contributed by atoms with E-state index >= 15 is 0 Å². The van der Waals surface area contributed by atoms with Gasteiger partial charge < -0.3 is 5.32 Å². The van der Waals surface area contributed by atoms with E-state index in [1.807, 2.05) is 7.05 Å². The van der Waals surface area contributed by atoms with Crippen LogP contribution in [0, 0.1) is 28.9 Å². The van der Waals surface area contributed by atoms with Gasteiger partial charge in [0.1, 0.15) is 11.9 Å². The van der Waals surface area contributed by atoms with Crippen LogP contribution in [0.3, 0.4) is 0 Å². The predicted molar refractivity (Wildman–Crippen MR) is 61.1 cm³/mol. The molecule has 0 saturated heterocycles. The van der Waals surface area contributed by atoms with Crippen molar-refractivity contribution in [3.63, 3.8) is 0 Å². The van der Waals surface area contributed by atoms with Crippen molar-refractivity contribution in [2.75, 3.05) is 13.6 Å². The summed E-state index contributed by atoms with van der Waals surface area (Å²) in [5.74, 6) is 5.80. The summed E-state index contributed by atoms with van der Waals surface area (Å²) in [6, 6.07) is 1.63. The molecule has 1 aromatic heterocycles. The summed E-state index contributed by atoms with van der Waals surface area (Å²) in [6.07, 6.45) is 1.98. The Kier molecular flexibility index (Phi) is 4.42. The standard InChI is InChI=1S/C11H13N3O2/c1-9-7-10(5-3-4-6-12-2)13-8-11(9)14(15)16/h7-8,12H,4,6H2,1-2H3. The lowest BCUT2D eigenvalue weighted by molar-refractivity contribution is -0.385. The monoisotopic (exact) mass is 219 g/mol. The summed E-state index contributed by atoms with van der Waals surface area (Å²) >= 11 is 0. The molecule has 1 heterocycles. The highest BCUT2D eigenvalue weighted by Gasteiger charge is 2.10. The summed E-state index contributed by atoms with van der Waals surface area (Å²) in [4.78, 5) is 14.0. The zero-order valence-electron chi connectivity index (χ0n) is 9.28. The molecular weight excluding hydrogens is 206 g/mol. The minimum atomic E-state index is -0.444. The SMILES string of the molecule is CNCCC#Cc1cc(C)c([N+](=O)[O-])cn1. The number of nitrogens with one attached hydrogen (secondary N) is 1. The molecule has 0 amide bonds. The van der Waals surface area contributed by atoms with Gasteiger partial charge in [0.2, 0.25) is 0 Å². The van der Waals surface area contributed by atoms with Crippen molar-refractivity contribution in [3.8, 4) is 11.8 Å². The van der Waals surface area contributed by atoms with E-state index in [1.165, 1.54) is 6.20 Å². The molecule has 1 N–H and O–H groups in total. The molecular formula is C11H13N3O2. The zero-order chi connectivity index (χ0) is 12.0. The Hall–Kier alpha value is -1.93. The Balaban J connectivity index is 2.80. The molecule has 0 atom stereocenters. The van der Waals surface area contributed by atoms with Crippen molar-refractivity contribution in [2.45, 2.75) is 13.3 Å². The van der Waals surface area contributed by atoms with Gasteiger partial charge in [0.25, 0.3) is 5.69 Å². The molecule has 0 aliphatic rings. The van der Waals surface area contributed by atoms with E-state index < -0.39 is 4.92 Å². The van der Waals surface area contributed by atoms with Crippen LogP contribution in [0.1, 0.15) is 17.7 Å². The molecule has 0 aliphatic heterocycles. The number of hydrogen-bond donors (Lipinski definition) is 1. The maximum atomic E-state index is 10.6. The highest BCUT2D eigenvalue weighted by Crippen LogP contribution is 2.15. The van der Waals surface area contributed by atoms with E-state index in [9.17, 15) is 10.1 Å². The second-order valence-electron chi connectivity index (χ2n) is 3.27. The fourth-order valence-corrected chi connectivity index (χ4v) is 1.15. The first-order valence-electron chi connectivity index (χ1n) is 4.89. The minimum Gasteiger partial charge on any atom is -0.319 e. The van der Waals surface area contributed by atoms with E-state index in [2.05, 4.69) is 22.1 Å². The van der Waals surface area contributed by atoms with Gasteiger partial charge in [-0.15, -0.1) is 0 Å². The van der Waals surface area contributed by atoms with Crippen molar-refractivity contribution in [2.24, 2.45) is 0 Å². The highest BCUT2D eigenvalue weighted by atomic mass is 16.6. The summed E-state index contributed by atoms with van der Waals surface area (Å²) in [7, 11) is 1.86. The van der Waals surface area contributed by atoms with Gasteiger partial charge in [-0.2, -0.15) is 0 Å². The smallest absolute Gasteiger partial charge is 0.290 e. The Labute approximate surface area is 94.0 Å². The minimum absolute atomic E-state index is 0.0285. The maximum Gasteiger partial charge on any atom is 0.290 e. The average molecular weight is 219 g/mol. The van der Waals surface area contributed by atoms with Crippen LogP contribution >= 0.6 is 0 Å². The van der Waals surface area contributed by atoms with E-state index in [0.29, 0.717) is 11.3 Å². The number of hydrogen-bond acceptors (Lipinski definition) is 4. The molecule has 0 fully saturated rings. The van der Waals surface area contributed by atoms with Crippen LogP contribution in [0.25, 0.3) is 0 Å². The number of nitro groups is 1. The second kappa shape index (κ2) is 5.83. The fourth-order valence-electron chi connectivity index (χ4n) is 1.15. The van der Waals surface area contributed by atoms with Crippen LogP contribution in [0.5, 0.6) is 0 Å². The van der Waals surface area contributed by atoms with Gasteiger partial charge in [0.15, 0.2) is 0 Å². The van der Waals surface area contributed by atoms with Crippen molar-refractivity contribution in [1.29, 1.82) is 0 Å². The third kappa shape index (κ3) is 3.33. The lowest BCUT2D eigenvalue weighted by atomic mass is 10.2. The molecule has 0 saturated carbocycles. The highest BCUT2D eigenvalue weighted by molar-refractivity contribution is 5.41. The topological polar surface area (TPSA) is 68.1 Å². The van der Waals surface area contributed by atoms with Gasteiger partial charge in [-0.05, 0) is 26.0 Å². The third-order valence-corrected chi connectivity index (χ3v) is 2.00. The van der Waals surface area contributed by atoms with Crippen molar-refractivity contribution >= 4 is 5.69 Å². The molecule has 0 bridgehead atoms. The van der Waals surface area contributed by atoms with E-state index in [0.717, 1.165) is 13.0 Å². The molecule has 0 radical (unpaired) electrons. The normalized spacial score (nSPS) is 9.38. The van der Waals surface area contributed by atoms with Gasteiger partial charge in [-0.25, -0.2) is 4.98 Å². The lowest BCUT2D eigenvalue weighted by Crippen LogP contribution is -2.05. The number of nitrogens with zero attached hydrogens (tertiary/aromatic N) is 2. The summed E-state index contributed by atoms with van der Waals surface area (Å²) in [5.41, 5.74) is 1.18. The van der Waals surface area contributed by atoms with Gasteiger partial charge in [0.05, 0.1) is 4.92 Å². The molecule has 0 spiro atoms. The summed E-state index contributed by atoms with van der Waals surface area (Å²) < 4.78 is 0. The van der Waals surface area contributed by atoms with Crippen molar-refractivity contribution < 1.29 is 4.92 Å². The van der Waals surface area contributed by atoms with Gasteiger partial charge in [0, 0.05) is 18.5 Å². The average Bonchev–Trinajstić information content (AvgIpc) is 2.24. The largest absolute Gasteiger partial charge is 0.319 e. The quantitative estimate of drug-likeness (QED) is 0.359. The van der Waals surface area contributed by atoms with Gasteiger partial charge in [-0.1, -0.05) is 5.92 Å². The molecule has 1 rings (SSSR count). The Morgan fingerprint density at radius 2 is 2.38 bits per heavy atom. The van der Waals surface area contributed by atoms with Crippen LogP contribution in [0.15, 0.2) is 12.3 Å². The molecule has 1 aromatic rings. The molecule has 5 heteroatoms. The molecule has 5 nitrogen and oxygen atoms in total. The fraction of sp³-hybridized carbons (Fsp3) is 0.364. The van der Waals surface area contributed by atoms with E-state index in [1.54, 1.807) is 13.0 Å². The van der Waals surface area contributed by atoms with Crippen LogP contribution in [0.4, 0.5) is 5.69 Å². The summed E-state index contributed by atoms with van der Waals surface area (Å²) in [5, 5.41) is 13.5. The molecule has 0 aliphatic carbocycles. The Morgan fingerprint density at radius 3 is 2.94 bits per heavy atom. The van der Waals surface area contributed by atoms with E-state index in [4.69, 9.17) is 0 Å². The van der Waals surface area contributed by atoms with Crippen LogP contribution < -0.4 is 5.32 Å². The summed E-state index contributed by atoms with van der Waals surface area (Å²) in [6.45, 7) is 2.50. The third-order valence-electron chi connectivity index (χ3n) is 2.00. The zero-order valence-corrected chi connectivity index (χ0v) is 9.28. The molecule has 84 valence electrons. The first-order valence-corrected chi connectivity index (χ1v) is 4.89. The second-order valence-corrected chi connectivity index (χ2v) is 3.27. The van der Waals surface area contributed by atoms with Crippen LogP contribution in [-0.2, 0) is 0 Å². The number of aryl methyl sites for hydroxylation is 1. The molecule has 0 aromatic carbocycles. The van der Waals surface area contributed by atoms with Crippen LogP contribution in [0.2, 0.25) is 0 Å². The number of aromatic nitrogens is 1.